The van der Waals surface area contributed by atoms with Gasteiger partial charge >= 0.3 is 0 Å². The number of aromatic nitrogens is 2. The molecule has 1 aromatic heterocycles. The molecule has 0 aliphatic carbocycles. The van der Waals surface area contributed by atoms with Gasteiger partial charge in [-0.05, 0) is 12.5 Å². The zero-order valence-electron chi connectivity index (χ0n) is 11.0. The number of aromatic amines is 1. The number of carbonyl (C=O) groups is 1. The summed E-state index contributed by atoms with van der Waals surface area (Å²) in [6, 6.07) is 11.1. The number of amides is 1. The van der Waals surface area contributed by atoms with Gasteiger partial charge in [0.1, 0.15) is 0 Å². The number of benzene rings is 1. The summed E-state index contributed by atoms with van der Waals surface area (Å²) in [5, 5.41) is 7.01. The summed E-state index contributed by atoms with van der Waals surface area (Å²) < 4.78 is 1.38. The number of rotatable bonds is 1. The van der Waals surface area contributed by atoms with Gasteiger partial charge in [-0.25, -0.2) is 10.1 Å². The van der Waals surface area contributed by atoms with Gasteiger partial charge in [-0.2, -0.15) is 5.10 Å². The molecule has 102 valence electrons. The van der Waals surface area contributed by atoms with E-state index in [0.717, 1.165) is 11.3 Å². The molecule has 2 aromatic rings. The average molecular weight is 270 g/mol. The lowest BCUT2D eigenvalue weighted by Crippen LogP contribution is -2.39. The highest BCUT2D eigenvalue weighted by Crippen LogP contribution is 2.23. The Morgan fingerprint density at radius 1 is 1.25 bits per heavy atom. The smallest absolute Gasteiger partial charge is 0.272 e. The predicted octanol–water partition coefficient (Wildman–Crippen LogP) is 0.950. The van der Waals surface area contributed by atoms with Gasteiger partial charge in [0.15, 0.2) is 5.84 Å². The van der Waals surface area contributed by atoms with Gasteiger partial charge < -0.3 is 0 Å². The van der Waals surface area contributed by atoms with Crippen molar-refractivity contribution in [2.24, 2.45) is 5.10 Å². The van der Waals surface area contributed by atoms with Gasteiger partial charge in [-0.1, -0.05) is 30.3 Å². The number of hydrogen-bond donors (Lipinski definition) is 2. The van der Waals surface area contributed by atoms with Crippen molar-refractivity contribution in [3.05, 3.63) is 58.0 Å². The van der Waals surface area contributed by atoms with Crippen molar-refractivity contribution in [3.63, 3.8) is 0 Å². The second-order valence-corrected chi connectivity index (χ2v) is 4.79. The fourth-order valence-corrected chi connectivity index (χ4v) is 2.36. The molecule has 1 unspecified atom stereocenters. The minimum absolute atomic E-state index is 0.154. The van der Waals surface area contributed by atoms with E-state index in [-0.39, 0.29) is 23.8 Å². The van der Waals surface area contributed by atoms with Crippen LogP contribution in [0.5, 0.6) is 0 Å². The van der Waals surface area contributed by atoms with Crippen molar-refractivity contribution in [2.45, 2.75) is 19.3 Å². The van der Waals surface area contributed by atoms with Crippen molar-refractivity contribution in [1.82, 2.24) is 15.2 Å². The zero-order valence-corrected chi connectivity index (χ0v) is 11.0. The second-order valence-electron chi connectivity index (χ2n) is 4.79. The summed E-state index contributed by atoms with van der Waals surface area (Å²) in [7, 11) is 0. The third-order valence-electron chi connectivity index (χ3n) is 3.28. The van der Waals surface area contributed by atoms with E-state index in [0.29, 0.717) is 5.84 Å². The molecule has 2 N–H and O–H groups in total. The number of nitrogens with zero attached hydrogens (tertiary/aromatic N) is 2. The molecule has 0 saturated heterocycles. The molecule has 2 heterocycles. The summed E-state index contributed by atoms with van der Waals surface area (Å²) >= 11 is 0. The molecular weight excluding hydrogens is 256 g/mol. The number of nitrogens with one attached hydrogen (secondary N) is 2. The maximum absolute atomic E-state index is 11.9. The van der Waals surface area contributed by atoms with Crippen LogP contribution in [-0.2, 0) is 4.79 Å². The number of H-pyrrole nitrogens is 1. The van der Waals surface area contributed by atoms with Gasteiger partial charge in [0, 0.05) is 18.2 Å². The Bertz CT molecular complexity index is 727. The number of hydrogen-bond acceptors (Lipinski definition) is 3. The monoisotopic (exact) mass is 270 g/mol. The highest BCUT2D eigenvalue weighted by atomic mass is 16.2. The number of hydrazone groups is 1. The van der Waals surface area contributed by atoms with Gasteiger partial charge in [0.2, 0.25) is 5.91 Å². The minimum atomic E-state index is -0.235. The molecule has 1 amide bonds. The molecule has 6 nitrogen and oxygen atoms in total. The Morgan fingerprint density at radius 3 is 2.65 bits per heavy atom. The van der Waals surface area contributed by atoms with Gasteiger partial charge in [0.25, 0.3) is 5.56 Å². The lowest BCUT2D eigenvalue weighted by molar-refractivity contribution is -0.121. The van der Waals surface area contributed by atoms with Crippen LogP contribution in [-0.4, -0.2) is 21.5 Å². The molecule has 20 heavy (non-hydrogen) atoms. The first-order chi connectivity index (χ1) is 9.65. The molecule has 0 spiro atoms. The van der Waals surface area contributed by atoms with Crippen LogP contribution < -0.4 is 11.0 Å². The zero-order chi connectivity index (χ0) is 14.1. The van der Waals surface area contributed by atoms with E-state index < -0.39 is 0 Å². The van der Waals surface area contributed by atoms with E-state index in [2.05, 4.69) is 15.6 Å². The van der Waals surface area contributed by atoms with Crippen LogP contribution in [0.3, 0.4) is 0 Å². The largest absolute Gasteiger partial charge is 0.294 e. The van der Waals surface area contributed by atoms with Crippen molar-refractivity contribution in [3.8, 4) is 0 Å². The molecule has 0 saturated carbocycles. The van der Waals surface area contributed by atoms with Gasteiger partial charge in [-0.3, -0.25) is 14.7 Å². The number of aryl methyl sites for hydroxylation is 1. The fourth-order valence-electron chi connectivity index (χ4n) is 2.36. The maximum atomic E-state index is 11.9. The Balaban J connectivity index is 2.09. The summed E-state index contributed by atoms with van der Waals surface area (Å²) in [4.78, 5) is 23.5. The molecule has 6 heteroatoms. The van der Waals surface area contributed by atoms with E-state index >= 15 is 0 Å². The normalized spacial score (nSPS) is 18.6. The molecule has 1 aromatic carbocycles. The molecule has 0 fully saturated rings. The molecular formula is C14H14N4O2. The molecule has 0 radical (unpaired) electrons. The fraction of sp³-hybridized carbons (Fsp3) is 0.214. The van der Waals surface area contributed by atoms with E-state index in [1.807, 2.05) is 30.3 Å². The Labute approximate surface area is 115 Å². The predicted molar refractivity (Wildman–Crippen MR) is 74.6 cm³/mol. The van der Waals surface area contributed by atoms with Crippen LogP contribution in [0.1, 0.15) is 23.6 Å². The highest BCUT2D eigenvalue weighted by Gasteiger charge is 2.28. The van der Waals surface area contributed by atoms with Crippen LogP contribution in [0.15, 0.2) is 46.3 Å². The van der Waals surface area contributed by atoms with Crippen LogP contribution in [0.2, 0.25) is 0 Å². The van der Waals surface area contributed by atoms with Crippen molar-refractivity contribution in [1.29, 1.82) is 0 Å². The maximum Gasteiger partial charge on any atom is 0.272 e. The first-order valence-electron chi connectivity index (χ1n) is 6.35. The molecule has 1 aliphatic rings. The Kier molecular flexibility index (Phi) is 2.98. The molecule has 3 rings (SSSR count). The highest BCUT2D eigenvalue weighted by molar-refractivity contribution is 5.97. The SMILES string of the molecule is Cc1cc(=O)n(C2=NNC(=O)CC2c2ccccc2)[nH]1. The minimum Gasteiger partial charge on any atom is -0.294 e. The lowest BCUT2D eigenvalue weighted by Gasteiger charge is -2.22. The summed E-state index contributed by atoms with van der Waals surface area (Å²) in [6.45, 7) is 1.80. The first kappa shape index (κ1) is 12.4. The van der Waals surface area contributed by atoms with Crippen LogP contribution in [0.25, 0.3) is 0 Å². The van der Waals surface area contributed by atoms with Crippen molar-refractivity contribution in [2.75, 3.05) is 0 Å². The first-order valence-corrected chi connectivity index (χ1v) is 6.35. The van der Waals surface area contributed by atoms with Crippen molar-refractivity contribution >= 4 is 11.7 Å². The van der Waals surface area contributed by atoms with Gasteiger partial charge in [-0.15, -0.1) is 0 Å². The lowest BCUT2D eigenvalue weighted by atomic mass is 9.93. The third kappa shape index (κ3) is 2.16. The van der Waals surface area contributed by atoms with E-state index in [9.17, 15) is 9.59 Å². The number of carbonyl (C=O) groups excluding carboxylic acids is 1. The summed E-state index contributed by atoms with van der Waals surface area (Å²) in [6.07, 6.45) is 0.271. The third-order valence-corrected chi connectivity index (χ3v) is 3.28. The Morgan fingerprint density at radius 2 is 2.00 bits per heavy atom. The molecule has 1 atom stereocenters. The second kappa shape index (κ2) is 4.80. The quantitative estimate of drug-likeness (QED) is 0.809. The van der Waals surface area contributed by atoms with Crippen molar-refractivity contribution < 1.29 is 4.79 Å². The molecule has 1 aliphatic heterocycles. The van der Waals surface area contributed by atoms with E-state index in [4.69, 9.17) is 0 Å². The van der Waals surface area contributed by atoms with Gasteiger partial charge in [0.05, 0.1) is 5.92 Å². The summed E-state index contributed by atoms with van der Waals surface area (Å²) in [5.74, 6) is 0.119. The topological polar surface area (TPSA) is 79.2 Å². The standard InChI is InChI=1S/C14H14N4O2/c1-9-7-13(20)18(17-9)14-11(8-12(19)15-16-14)10-5-3-2-4-6-10/h2-7,11,17H,8H2,1H3,(H,15,19). The van der Waals surface area contributed by atoms with E-state index in [1.54, 1.807) is 6.92 Å². The Hall–Kier alpha value is -2.63. The molecule has 0 bridgehead atoms. The van der Waals surface area contributed by atoms with E-state index in [1.165, 1.54) is 10.7 Å². The average Bonchev–Trinajstić information content (AvgIpc) is 2.78. The van der Waals surface area contributed by atoms with Crippen LogP contribution >= 0.6 is 0 Å². The van der Waals surface area contributed by atoms with Crippen LogP contribution in [0.4, 0.5) is 0 Å². The summed E-state index contributed by atoms with van der Waals surface area (Å²) in [5.41, 5.74) is 3.96. The van der Waals surface area contributed by atoms with Crippen LogP contribution in [0, 0.1) is 6.92 Å².